The minimum atomic E-state index is -0.374. The van der Waals surface area contributed by atoms with Gasteiger partial charge in [-0.15, -0.1) is 0 Å². The Bertz CT molecular complexity index is 1230. The van der Waals surface area contributed by atoms with Crippen molar-refractivity contribution < 1.29 is 9.52 Å². The number of fused-ring (bicyclic) bond motifs is 5. The number of rotatable bonds is 4. The summed E-state index contributed by atoms with van der Waals surface area (Å²) in [5.41, 5.74) is 2.94. The molecule has 0 spiro atoms. The van der Waals surface area contributed by atoms with Crippen molar-refractivity contribution in [3.63, 3.8) is 0 Å². The fourth-order valence-corrected chi connectivity index (χ4v) is 5.31. The fourth-order valence-electron chi connectivity index (χ4n) is 5.31. The third-order valence-electron chi connectivity index (χ3n) is 6.53. The minimum Gasteiger partial charge on any atom is -0.507 e. The van der Waals surface area contributed by atoms with Gasteiger partial charge in [0.1, 0.15) is 11.3 Å². The van der Waals surface area contributed by atoms with Crippen LogP contribution in [0.25, 0.3) is 11.0 Å². The van der Waals surface area contributed by atoms with E-state index in [2.05, 4.69) is 17.9 Å². The molecule has 2 aromatic heterocycles. The number of phenols is 1. The van der Waals surface area contributed by atoms with Gasteiger partial charge in [0, 0.05) is 55.3 Å². The monoisotopic (exact) mass is 406 g/mol. The Balaban J connectivity index is 1.50. The van der Waals surface area contributed by atoms with E-state index in [1.165, 1.54) is 0 Å². The Morgan fingerprint density at radius 1 is 1.13 bits per heavy atom. The maximum absolute atomic E-state index is 12.2. The molecule has 4 heterocycles. The lowest BCUT2D eigenvalue weighted by Crippen LogP contribution is -2.46. The van der Waals surface area contributed by atoms with Gasteiger partial charge < -0.3 is 14.1 Å². The minimum absolute atomic E-state index is 0.0765. The first-order valence-electron chi connectivity index (χ1n) is 10.7. The number of hydrogen-bond donors (Lipinski definition) is 1. The molecule has 1 saturated heterocycles. The number of nitrogens with zero attached hydrogens (tertiary/aromatic N) is 2. The summed E-state index contributed by atoms with van der Waals surface area (Å²) in [5, 5.41) is 11.5. The van der Waals surface area contributed by atoms with Gasteiger partial charge in [0.2, 0.25) is 0 Å². The van der Waals surface area contributed by atoms with Crippen LogP contribution in [0.5, 0.6) is 5.75 Å². The van der Waals surface area contributed by atoms with E-state index in [-0.39, 0.29) is 16.9 Å². The summed E-state index contributed by atoms with van der Waals surface area (Å²) in [4.78, 5) is 26.7. The molecule has 156 valence electrons. The van der Waals surface area contributed by atoms with Gasteiger partial charge >= 0.3 is 5.63 Å². The van der Waals surface area contributed by atoms with Crippen molar-refractivity contribution in [3.05, 3.63) is 74.0 Å². The quantitative estimate of drug-likeness (QED) is 0.674. The maximum atomic E-state index is 12.2. The standard InChI is InChI=1S/C24H26N2O4/c1-2-4-16-10-23(29)30-24-18(16)7-8-21(27)19(24)14-25-11-15-9-17(13-25)20-5-3-6-22(28)26(20)12-15/h3,5-8,10,15,17,27H,2,4,9,11-14H2,1H3/t15-,17+/m1/s1. The van der Waals surface area contributed by atoms with Crippen LogP contribution in [0.1, 0.15) is 42.5 Å². The van der Waals surface area contributed by atoms with Crippen molar-refractivity contribution >= 4 is 11.0 Å². The van der Waals surface area contributed by atoms with Crippen LogP contribution in [0.15, 0.2) is 50.4 Å². The highest BCUT2D eigenvalue weighted by molar-refractivity contribution is 5.85. The summed E-state index contributed by atoms with van der Waals surface area (Å²) in [6.07, 6.45) is 2.81. The van der Waals surface area contributed by atoms with E-state index in [4.69, 9.17) is 4.42 Å². The van der Waals surface area contributed by atoms with E-state index >= 15 is 0 Å². The molecule has 6 heteroatoms. The highest BCUT2D eigenvalue weighted by Crippen LogP contribution is 2.37. The Morgan fingerprint density at radius 2 is 2.00 bits per heavy atom. The number of hydrogen-bond acceptors (Lipinski definition) is 5. The smallest absolute Gasteiger partial charge is 0.336 e. The topological polar surface area (TPSA) is 75.7 Å². The lowest BCUT2D eigenvalue weighted by molar-refractivity contribution is 0.113. The van der Waals surface area contributed by atoms with Gasteiger partial charge in [-0.3, -0.25) is 9.69 Å². The molecule has 6 nitrogen and oxygen atoms in total. The van der Waals surface area contributed by atoms with Gasteiger partial charge in [0.15, 0.2) is 0 Å². The van der Waals surface area contributed by atoms with Gasteiger partial charge in [0.25, 0.3) is 5.56 Å². The zero-order valence-electron chi connectivity index (χ0n) is 17.1. The molecule has 0 saturated carbocycles. The van der Waals surface area contributed by atoms with Crippen LogP contribution in [0.3, 0.4) is 0 Å². The number of benzene rings is 1. The summed E-state index contributed by atoms with van der Waals surface area (Å²) < 4.78 is 7.50. The van der Waals surface area contributed by atoms with Crippen molar-refractivity contribution in [3.8, 4) is 5.75 Å². The molecule has 30 heavy (non-hydrogen) atoms. The van der Waals surface area contributed by atoms with Crippen LogP contribution < -0.4 is 11.2 Å². The second-order valence-corrected chi connectivity index (χ2v) is 8.67. The number of piperidine rings is 1. The zero-order valence-corrected chi connectivity index (χ0v) is 17.1. The Hall–Kier alpha value is -2.86. The average Bonchev–Trinajstić information content (AvgIpc) is 2.71. The molecule has 1 aromatic carbocycles. The first-order valence-corrected chi connectivity index (χ1v) is 10.7. The molecule has 1 fully saturated rings. The normalized spacial score (nSPS) is 21.0. The Kier molecular flexibility index (Phi) is 4.74. The second-order valence-electron chi connectivity index (χ2n) is 8.67. The highest BCUT2D eigenvalue weighted by atomic mass is 16.4. The molecular formula is C24H26N2O4. The summed E-state index contributed by atoms with van der Waals surface area (Å²) in [7, 11) is 0. The Labute approximate surface area is 174 Å². The van der Waals surface area contributed by atoms with Crippen molar-refractivity contribution in [2.75, 3.05) is 13.1 Å². The van der Waals surface area contributed by atoms with E-state index in [1.54, 1.807) is 18.2 Å². The zero-order chi connectivity index (χ0) is 20.8. The molecule has 0 aliphatic carbocycles. The molecule has 2 aliphatic rings. The molecule has 0 amide bonds. The molecule has 1 N–H and O–H groups in total. The number of phenolic OH excluding ortho intramolecular Hbond substituents is 1. The van der Waals surface area contributed by atoms with E-state index in [0.717, 1.165) is 55.5 Å². The number of likely N-dealkylation sites (tertiary alicyclic amines) is 1. The van der Waals surface area contributed by atoms with Crippen molar-refractivity contribution in [2.24, 2.45) is 5.92 Å². The van der Waals surface area contributed by atoms with Crippen LogP contribution in [-0.4, -0.2) is 27.7 Å². The van der Waals surface area contributed by atoms with Gasteiger partial charge in [0.05, 0.1) is 5.56 Å². The molecule has 2 atom stereocenters. The van der Waals surface area contributed by atoms with E-state index in [1.807, 2.05) is 16.7 Å². The van der Waals surface area contributed by atoms with Crippen LogP contribution in [0.2, 0.25) is 0 Å². The van der Waals surface area contributed by atoms with Crippen LogP contribution in [0, 0.1) is 5.92 Å². The summed E-state index contributed by atoms with van der Waals surface area (Å²) in [5.74, 6) is 0.856. The molecule has 0 unspecified atom stereocenters. The molecule has 5 rings (SSSR count). The molecule has 3 aromatic rings. The van der Waals surface area contributed by atoms with Crippen molar-refractivity contribution in [1.29, 1.82) is 0 Å². The summed E-state index contributed by atoms with van der Waals surface area (Å²) in [6.45, 7) is 5.00. The predicted octanol–water partition coefficient (Wildman–Crippen LogP) is 3.23. The lowest BCUT2D eigenvalue weighted by Gasteiger charge is -2.42. The third kappa shape index (κ3) is 3.25. The van der Waals surface area contributed by atoms with Crippen LogP contribution in [0.4, 0.5) is 0 Å². The van der Waals surface area contributed by atoms with E-state index < -0.39 is 0 Å². The van der Waals surface area contributed by atoms with Crippen LogP contribution in [-0.2, 0) is 19.5 Å². The lowest BCUT2D eigenvalue weighted by atomic mass is 9.83. The number of aromatic hydroxyl groups is 1. The molecular weight excluding hydrogens is 380 g/mol. The second kappa shape index (κ2) is 7.43. The number of aromatic nitrogens is 1. The fraction of sp³-hybridized carbons (Fsp3) is 0.417. The summed E-state index contributed by atoms with van der Waals surface area (Å²) >= 11 is 0. The van der Waals surface area contributed by atoms with Gasteiger partial charge in [-0.25, -0.2) is 4.79 Å². The van der Waals surface area contributed by atoms with Crippen molar-refractivity contribution in [2.45, 2.75) is 45.2 Å². The van der Waals surface area contributed by atoms with E-state index in [0.29, 0.717) is 29.5 Å². The van der Waals surface area contributed by atoms with Gasteiger partial charge in [-0.2, -0.15) is 0 Å². The van der Waals surface area contributed by atoms with Crippen LogP contribution >= 0.6 is 0 Å². The number of pyridine rings is 1. The average molecular weight is 406 g/mol. The predicted molar refractivity (Wildman–Crippen MR) is 115 cm³/mol. The number of aryl methyl sites for hydroxylation is 1. The van der Waals surface area contributed by atoms with Crippen molar-refractivity contribution in [1.82, 2.24) is 9.47 Å². The first-order chi connectivity index (χ1) is 14.5. The van der Waals surface area contributed by atoms with Gasteiger partial charge in [-0.1, -0.05) is 19.4 Å². The molecule has 2 aliphatic heterocycles. The SMILES string of the molecule is CCCc1cc(=O)oc2c(CN3C[C@H]4C[C@@H](C3)c3cccc(=O)n3C4)c(O)ccc12. The Morgan fingerprint density at radius 3 is 2.83 bits per heavy atom. The van der Waals surface area contributed by atoms with Gasteiger partial charge in [-0.05, 0) is 42.5 Å². The first kappa shape index (κ1) is 19.1. The maximum Gasteiger partial charge on any atom is 0.336 e. The largest absolute Gasteiger partial charge is 0.507 e. The summed E-state index contributed by atoms with van der Waals surface area (Å²) in [6, 6.07) is 10.6. The molecule has 0 radical (unpaired) electrons. The highest BCUT2D eigenvalue weighted by Gasteiger charge is 2.35. The molecule has 2 bridgehead atoms. The third-order valence-corrected chi connectivity index (χ3v) is 6.53. The van der Waals surface area contributed by atoms with E-state index in [9.17, 15) is 14.7 Å².